The Morgan fingerprint density at radius 2 is 1.88 bits per heavy atom. The number of ether oxygens (including phenoxy) is 1. The summed E-state index contributed by atoms with van der Waals surface area (Å²) in [7, 11) is 0. The molecule has 1 aromatic heterocycles. The second-order valence-corrected chi connectivity index (χ2v) is 6.15. The van der Waals surface area contributed by atoms with Crippen molar-refractivity contribution in [2.75, 3.05) is 11.9 Å². The number of benzene rings is 1. The number of rotatable bonds is 6. The lowest BCUT2D eigenvalue weighted by Crippen LogP contribution is -2.33. The molecule has 0 spiro atoms. The molecule has 0 saturated heterocycles. The molecule has 1 aliphatic rings. The van der Waals surface area contributed by atoms with Gasteiger partial charge in [-0.25, -0.2) is 0 Å². The number of hydrogen-bond acceptors (Lipinski definition) is 5. The summed E-state index contributed by atoms with van der Waals surface area (Å²) in [6.07, 6.45) is 1.55. The molecule has 0 saturated carbocycles. The minimum Gasteiger partial charge on any atom is -0.491 e. The number of hydrogen-bond donors (Lipinski definition) is 1. The second kappa shape index (κ2) is 7.35. The summed E-state index contributed by atoms with van der Waals surface area (Å²) < 4.78 is 5.54. The van der Waals surface area contributed by atoms with Crippen LogP contribution < -0.4 is 10.1 Å². The van der Waals surface area contributed by atoms with Crippen molar-refractivity contribution in [1.82, 2.24) is 9.88 Å². The molecule has 2 aromatic rings. The minimum absolute atomic E-state index is 0.00834. The summed E-state index contributed by atoms with van der Waals surface area (Å²) in [5.74, 6) is -0.446. The van der Waals surface area contributed by atoms with E-state index in [-0.39, 0.29) is 36.2 Å². The number of nitrogens with one attached hydrogen (secondary N) is 1. The zero-order valence-corrected chi connectivity index (χ0v) is 14.6. The van der Waals surface area contributed by atoms with Gasteiger partial charge in [-0.15, -0.1) is 0 Å². The van der Waals surface area contributed by atoms with E-state index < -0.39 is 11.8 Å². The largest absolute Gasteiger partial charge is 0.491 e. The van der Waals surface area contributed by atoms with E-state index in [4.69, 9.17) is 4.74 Å². The first-order valence-electron chi connectivity index (χ1n) is 8.33. The maximum Gasteiger partial charge on any atom is 0.280 e. The van der Waals surface area contributed by atoms with E-state index in [1.807, 2.05) is 13.8 Å². The summed E-state index contributed by atoms with van der Waals surface area (Å²) in [4.78, 5) is 41.5. The number of carbonyl (C=O) groups is 3. The van der Waals surface area contributed by atoms with Gasteiger partial charge in [0.1, 0.15) is 11.4 Å². The third-order valence-corrected chi connectivity index (χ3v) is 3.80. The van der Waals surface area contributed by atoms with Crippen LogP contribution in [0.1, 0.15) is 41.1 Å². The van der Waals surface area contributed by atoms with E-state index in [2.05, 4.69) is 10.3 Å². The third kappa shape index (κ3) is 3.72. The Hall–Kier alpha value is -3.22. The highest BCUT2D eigenvalue weighted by Gasteiger charge is 2.36. The molecule has 0 atom stereocenters. The van der Waals surface area contributed by atoms with Gasteiger partial charge in [0.2, 0.25) is 5.91 Å². The normalized spacial score (nSPS) is 13.1. The van der Waals surface area contributed by atoms with Crippen LogP contribution in [0.15, 0.2) is 42.6 Å². The molecular formula is C19H19N3O4. The van der Waals surface area contributed by atoms with Crippen LogP contribution in [0.4, 0.5) is 5.69 Å². The second-order valence-electron chi connectivity index (χ2n) is 6.15. The molecule has 0 bridgehead atoms. The standard InChI is InChI=1S/C19H19N3O4/c1-12(2)26-14-7-5-13(6-8-14)21-16(23)9-11-22-18(24)15-4-3-10-20-17(15)19(22)25/h3-8,10,12H,9,11H2,1-2H3,(H,21,23). The minimum atomic E-state index is -0.464. The zero-order chi connectivity index (χ0) is 18.7. The molecule has 134 valence electrons. The van der Waals surface area contributed by atoms with E-state index in [1.54, 1.807) is 36.4 Å². The highest BCUT2D eigenvalue weighted by molar-refractivity contribution is 6.20. The maximum absolute atomic E-state index is 12.2. The molecule has 7 nitrogen and oxygen atoms in total. The van der Waals surface area contributed by atoms with Crippen molar-refractivity contribution in [2.45, 2.75) is 26.4 Å². The lowest BCUT2D eigenvalue weighted by Gasteiger charge is -2.13. The fourth-order valence-corrected chi connectivity index (χ4v) is 2.64. The lowest BCUT2D eigenvalue weighted by atomic mass is 10.2. The molecule has 0 unspecified atom stereocenters. The summed E-state index contributed by atoms with van der Waals surface area (Å²) >= 11 is 0. The summed E-state index contributed by atoms with van der Waals surface area (Å²) in [5.41, 5.74) is 1.03. The number of amides is 3. The fraction of sp³-hybridized carbons (Fsp3) is 0.263. The van der Waals surface area contributed by atoms with Gasteiger partial charge in [-0.3, -0.25) is 24.3 Å². The van der Waals surface area contributed by atoms with Crippen molar-refractivity contribution in [1.29, 1.82) is 0 Å². The molecule has 7 heteroatoms. The van der Waals surface area contributed by atoms with Gasteiger partial charge in [-0.05, 0) is 50.2 Å². The lowest BCUT2D eigenvalue weighted by molar-refractivity contribution is -0.116. The van der Waals surface area contributed by atoms with Crippen LogP contribution in [-0.4, -0.2) is 40.3 Å². The Bertz CT molecular complexity index is 811. The number of carbonyl (C=O) groups excluding carboxylic acids is 3. The topological polar surface area (TPSA) is 88.6 Å². The Morgan fingerprint density at radius 3 is 2.54 bits per heavy atom. The Balaban J connectivity index is 1.55. The van der Waals surface area contributed by atoms with Gasteiger partial charge < -0.3 is 10.1 Å². The van der Waals surface area contributed by atoms with E-state index in [1.165, 1.54) is 6.20 Å². The maximum atomic E-state index is 12.2. The van der Waals surface area contributed by atoms with Gasteiger partial charge in [0, 0.05) is 24.8 Å². The van der Waals surface area contributed by atoms with Gasteiger partial charge in [0.15, 0.2) is 0 Å². The first-order valence-corrected chi connectivity index (χ1v) is 8.33. The summed E-state index contributed by atoms with van der Waals surface area (Å²) in [6, 6.07) is 10.2. The Kier molecular flexibility index (Phi) is 4.97. The van der Waals surface area contributed by atoms with Gasteiger partial charge in [0.25, 0.3) is 11.8 Å². The van der Waals surface area contributed by atoms with Gasteiger partial charge >= 0.3 is 0 Å². The summed E-state index contributed by atoms with van der Waals surface area (Å²) in [6.45, 7) is 3.88. The fourth-order valence-electron chi connectivity index (χ4n) is 2.64. The first kappa shape index (κ1) is 17.6. The molecule has 3 rings (SSSR count). The Morgan fingerprint density at radius 1 is 1.15 bits per heavy atom. The molecular weight excluding hydrogens is 334 g/mol. The monoisotopic (exact) mass is 353 g/mol. The smallest absolute Gasteiger partial charge is 0.280 e. The molecule has 1 N–H and O–H groups in total. The predicted octanol–water partition coefficient (Wildman–Crippen LogP) is 2.49. The van der Waals surface area contributed by atoms with Crippen LogP contribution in [0.25, 0.3) is 0 Å². The van der Waals surface area contributed by atoms with Crippen molar-refractivity contribution in [3.8, 4) is 5.75 Å². The van der Waals surface area contributed by atoms with Gasteiger partial charge in [-0.2, -0.15) is 0 Å². The molecule has 0 aliphatic carbocycles. The average Bonchev–Trinajstić information content (AvgIpc) is 2.86. The molecule has 2 heterocycles. The van der Waals surface area contributed by atoms with E-state index in [0.29, 0.717) is 5.69 Å². The first-order chi connectivity index (χ1) is 12.5. The van der Waals surface area contributed by atoms with Crippen molar-refractivity contribution >= 4 is 23.4 Å². The molecule has 1 aliphatic heterocycles. The van der Waals surface area contributed by atoms with Crippen LogP contribution in [-0.2, 0) is 4.79 Å². The number of anilines is 1. The number of imide groups is 1. The van der Waals surface area contributed by atoms with E-state index in [9.17, 15) is 14.4 Å². The molecule has 0 fully saturated rings. The van der Waals surface area contributed by atoms with Crippen LogP contribution in [0.5, 0.6) is 5.75 Å². The molecule has 26 heavy (non-hydrogen) atoms. The highest BCUT2D eigenvalue weighted by Crippen LogP contribution is 2.21. The third-order valence-electron chi connectivity index (χ3n) is 3.80. The molecule has 3 amide bonds. The Labute approximate surface area is 151 Å². The van der Waals surface area contributed by atoms with Crippen LogP contribution in [0.3, 0.4) is 0 Å². The molecule has 0 radical (unpaired) electrons. The van der Waals surface area contributed by atoms with Crippen molar-refractivity contribution in [3.63, 3.8) is 0 Å². The number of pyridine rings is 1. The van der Waals surface area contributed by atoms with Crippen LogP contribution in [0, 0.1) is 0 Å². The van der Waals surface area contributed by atoms with Crippen LogP contribution >= 0.6 is 0 Å². The summed E-state index contributed by atoms with van der Waals surface area (Å²) in [5, 5.41) is 2.74. The van der Waals surface area contributed by atoms with Crippen molar-refractivity contribution in [2.24, 2.45) is 0 Å². The van der Waals surface area contributed by atoms with Crippen LogP contribution in [0.2, 0.25) is 0 Å². The SMILES string of the molecule is CC(C)Oc1ccc(NC(=O)CCN2C(=O)c3cccnc3C2=O)cc1. The molecule has 1 aromatic carbocycles. The number of nitrogens with zero attached hydrogens (tertiary/aromatic N) is 2. The zero-order valence-electron chi connectivity index (χ0n) is 14.6. The van der Waals surface area contributed by atoms with E-state index >= 15 is 0 Å². The van der Waals surface area contributed by atoms with Gasteiger partial charge in [-0.1, -0.05) is 0 Å². The predicted molar refractivity (Wildman–Crippen MR) is 95.1 cm³/mol. The van der Waals surface area contributed by atoms with E-state index in [0.717, 1.165) is 10.6 Å². The number of fused-ring (bicyclic) bond motifs is 1. The quantitative estimate of drug-likeness (QED) is 0.806. The highest BCUT2D eigenvalue weighted by atomic mass is 16.5. The number of aromatic nitrogens is 1. The van der Waals surface area contributed by atoms with Crippen molar-refractivity contribution < 1.29 is 19.1 Å². The van der Waals surface area contributed by atoms with Crippen molar-refractivity contribution in [3.05, 3.63) is 53.9 Å². The average molecular weight is 353 g/mol. The van der Waals surface area contributed by atoms with Gasteiger partial charge in [0.05, 0.1) is 11.7 Å².